The molecule has 0 fully saturated rings. The summed E-state index contributed by atoms with van der Waals surface area (Å²) in [4.78, 5) is 9.63. The molecule has 3 N–H and O–H groups in total. The van der Waals surface area contributed by atoms with Crippen molar-refractivity contribution in [2.24, 2.45) is 4.99 Å². The molecule has 0 saturated heterocycles. The monoisotopic (exact) mass is 387 g/mol. The van der Waals surface area contributed by atoms with Gasteiger partial charge in [-0.3, -0.25) is 4.99 Å². The Morgan fingerprint density at radius 3 is 2.93 bits per heavy atom. The zero-order valence-corrected chi connectivity index (χ0v) is 16.4. The molecule has 0 amide bonds. The van der Waals surface area contributed by atoms with Crippen molar-refractivity contribution >= 4 is 27.4 Å². The number of aliphatic hydroxyl groups excluding tert-OH is 1. The third kappa shape index (κ3) is 5.51. The van der Waals surface area contributed by atoms with Gasteiger partial charge in [-0.25, -0.2) is 0 Å². The van der Waals surface area contributed by atoms with Crippen LogP contribution in [0.4, 0.5) is 0 Å². The number of aliphatic hydroxyl groups is 1. The van der Waals surface area contributed by atoms with Crippen LogP contribution < -0.4 is 10.6 Å². The Balaban J connectivity index is 1.51. The van der Waals surface area contributed by atoms with Crippen LogP contribution in [0, 0.1) is 6.92 Å². The first-order valence-corrected chi connectivity index (χ1v) is 9.95. The lowest BCUT2D eigenvalue weighted by atomic mass is 10.2. The summed E-state index contributed by atoms with van der Waals surface area (Å²) < 4.78 is 6.28. The van der Waals surface area contributed by atoms with Crippen molar-refractivity contribution in [3.05, 3.63) is 46.9 Å². The molecule has 0 aliphatic heterocycles. The minimum atomic E-state index is -0.612. The minimum Gasteiger partial charge on any atom is -0.386 e. The van der Waals surface area contributed by atoms with E-state index in [-0.39, 0.29) is 0 Å². The van der Waals surface area contributed by atoms with E-state index in [1.807, 2.05) is 32.0 Å². The van der Waals surface area contributed by atoms with Crippen molar-refractivity contribution in [2.75, 3.05) is 19.6 Å². The Kier molecular flexibility index (Phi) is 6.78. The maximum Gasteiger partial charge on any atom is 0.226 e. The molecule has 1 unspecified atom stereocenters. The van der Waals surface area contributed by atoms with Crippen molar-refractivity contribution in [3.8, 4) is 0 Å². The summed E-state index contributed by atoms with van der Waals surface area (Å²) in [5, 5.41) is 21.9. The van der Waals surface area contributed by atoms with Gasteiger partial charge < -0.3 is 20.3 Å². The molecule has 0 saturated carbocycles. The van der Waals surface area contributed by atoms with Crippen LogP contribution in [-0.4, -0.2) is 40.8 Å². The Bertz CT molecular complexity index is 856. The molecule has 0 spiro atoms. The lowest BCUT2D eigenvalue weighted by molar-refractivity contribution is 0.191. The van der Waals surface area contributed by atoms with Gasteiger partial charge in [0, 0.05) is 29.1 Å². The van der Waals surface area contributed by atoms with Gasteiger partial charge in [-0.15, -0.1) is 11.3 Å². The van der Waals surface area contributed by atoms with E-state index < -0.39 is 6.10 Å². The first kappa shape index (κ1) is 19.3. The molecule has 8 heteroatoms. The molecule has 144 valence electrons. The van der Waals surface area contributed by atoms with Crippen LogP contribution in [0.3, 0.4) is 0 Å². The first-order valence-electron chi connectivity index (χ1n) is 9.13. The Morgan fingerprint density at radius 1 is 1.33 bits per heavy atom. The van der Waals surface area contributed by atoms with E-state index in [1.54, 1.807) is 11.3 Å². The van der Waals surface area contributed by atoms with Crippen molar-refractivity contribution in [1.82, 2.24) is 20.8 Å². The maximum absolute atomic E-state index is 10.5. The molecule has 27 heavy (non-hydrogen) atoms. The Labute approximate surface area is 162 Å². The van der Waals surface area contributed by atoms with Crippen molar-refractivity contribution < 1.29 is 9.63 Å². The quantitative estimate of drug-likeness (QED) is 0.312. The number of nitrogens with one attached hydrogen (secondary N) is 2. The van der Waals surface area contributed by atoms with Crippen molar-refractivity contribution in [2.45, 2.75) is 32.8 Å². The van der Waals surface area contributed by atoms with E-state index in [1.165, 1.54) is 4.70 Å². The third-order valence-electron chi connectivity index (χ3n) is 3.97. The first-order chi connectivity index (χ1) is 13.2. The maximum atomic E-state index is 10.5. The summed E-state index contributed by atoms with van der Waals surface area (Å²) in [7, 11) is 0. The summed E-state index contributed by atoms with van der Waals surface area (Å²) in [6.07, 6.45) is 0.960. The number of nitrogens with zero attached hydrogens (tertiary/aromatic N) is 3. The van der Waals surface area contributed by atoms with Crippen LogP contribution in [0.1, 0.15) is 36.0 Å². The van der Waals surface area contributed by atoms with Crippen LogP contribution >= 0.6 is 11.3 Å². The highest BCUT2D eigenvalue weighted by Crippen LogP contribution is 2.29. The van der Waals surface area contributed by atoms with Gasteiger partial charge in [0.25, 0.3) is 0 Å². The van der Waals surface area contributed by atoms with Crippen LogP contribution in [0.25, 0.3) is 10.1 Å². The number of aromatic nitrogens is 2. The summed E-state index contributed by atoms with van der Waals surface area (Å²) in [6, 6.07) is 10.2. The number of fused-ring (bicyclic) bond motifs is 1. The molecular weight excluding hydrogens is 362 g/mol. The highest BCUT2D eigenvalue weighted by molar-refractivity contribution is 7.19. The van der Waals surface area contributed by atoms with E-state index >= 15 is 0 Å². The van der Waals surface area contributed by atoms with Gasteiger partial charge in [0.15, 0.2) is 11.8 Å². The topological polar surface area (TPSA) is 95.6 Å². The van der Waals surface area contributed by atoms with Crippen molar-refractivity contribution in [3.63, 3.8) is 0 Å². The normalized spacial score (nSPS) is 13.1. The molecule has 0 aliphatic carbocycles. The van der Waals surface area contributed by atoms with Crippen LogP contribution in [0.5, 0.6) is 0 Å². The number of rotatable bonds is 8. The fourth-order valence-electron chi connectivity index (χ4n) is 2.66. The van der Waals surface area contributed by atoms with E-state index in [4.69, 9.17) is 4.52 Å². The molecule has 2 aromatic heterocycles. The zero-order chi connectivity index (χ0) is 19.1. The zero-order valence-electron chi connectivity index (χ0n) is 15.6. The average molecular weight is 388 g/mol. The Hall–Kier alpha value is -2.45. The van der Waals surface area contributed by atoms with E-state index in [2.05, 4.69) is 37.9 Å². The third-order valence-corrected chi connectivity index (χ3v) is 5.19. The predicted octanol–water partition coefficient (Wildman–Crippen LogP) is 2.81. The molecule has 0 bridgehead atoms. The number of thiophene rings is 1. The average Bonchev–Trinajstić information content (AvgIpc) is 3.28. The van der Waals surface area contributed by atoms with Crippen LogP contribution in [-0.2, 0) is 6.42 Å². The SMILES string of the molecule is CCNC(=NCC(O)c1cc2ccccc2s1)NCCCc1nc(C)no1. The fraction of sp³-hybridized carbons (Fsp3) is 0.421. The number of hydrogen-bond acceptors (Lipinski definition) is 6. The number of aliphatic imine (C=N–C) groups is 1. The van der Waals surface area contributed by atoms with Crippen molar-refractivity contribution in [1.29, 1.82) is 0 Å². The number of benzene rings is 1. The van der Waals surface area contributed by atoms with Gasteiger partial charge in [-0.05, 0) is 37.8 Å². The summed E-state index contributed by atoms with van der Waals surface area (Å²) in [5.41, 5.74) is 0. The molecule has 7 nitrogen and oxygen atoms in total. The standard InChI is InChI=1S/C19H25N5O2S/c1-3-20-19(21-10-6-9-18-23-13(2)24-26-18)22-12-15(25)17-11-14-7-4-5-8-16(14)27-17/h4-5,7-8,11,15,25H,3,6,9-10,12H2,1-2H3,(H2,20,21,22). The highest BCUT2D eigenvalue weighted by Gasteiger charge is 2.11. The molecule has 3 aromatic rings. The summed E-state index contributed by atoms with van der Waals surface area (Å²) >= 11 is 1.61. The molecule has 3 rings (SSSR count). The van der Waals surface area contributed by atoms with Gasteiger partial charge in [-0.2, -0.15) is 4.98 Å². The predicted molar refractivity (Wildman–Crippen MR) is 108 cm³/mol. The molecule has 0 radical (unpaired) electrons. The minimum absolute atomic E-state index is 0.311. The molecule has 2 heterocycles. The largest absolute Gasteiger partial charge is 0.386 e. The summed E-state index contributed by atoms with van der Waals surface area (Å²) in [5.74, 6) is 2.00. The highest BCUT2D eigenvalue weighted by atomic mass is 32.1. The summed E-state index contributed by atoms with van der Waals surface area (Å²) in [6.45, 7) is 5.62. The van der Waals surface area contributed by atoms with E-state index in [9.17, 15) is 5.11 Å². The van der Waals surface area contributed by atoms with Gasteiger partial charge in [0.2, 0.25) is 5.89 Å². The second kappa shape index (κ2) is 9.48. The molecule has 1 aromatic carbocycles. The molecule has 1 atom stereocenters. The fourth-order valence-corrected chi connectivity index (χ4v) is 3.71. The number of hydrogen-bond donors (Lipinski definition) is 3. The second-order valence-corrected chi connectivity index (χ2v) is 7.30. The lowest BCUT2D eigenvalue weighted by Gasteiger charge is -2.12. The molecule has 0 aliphatic rings. The molecular formula is C19H25N5O2S. The smallest absolute Gasteiger partial charge is 0.226 e. The van der Waals surface area contributed by atoms with Gasteiger partial charge in [-0.1, -0.05) is 23.4 Å². The Morgan fingerprint density at radius 2 is 2.19 bits per heavy atom. The van der Waals surface area contributed by atoms with Gasteiger partial charge in [0.1, 0.15) is 6.10 Å². The second-order valence-electron chi connectivity index (χ2n) is 6.19. The number of aryl methyl sites for hydroxylation is 2. The van der Waals surface area contributed by atoms with Gasteiger partial charge >= 0.3 is 0 Å². The lowest BCUT2D eigenvalue weighted by Crippen LogP contribution is -2.38. The van der Waals surface area contributed by atoms with Crippen LogP contribution in [0.2, 0.25) is 0 Å². The van der Waals surface area contributed by atoms with Crippen LogP contribution in [0.15, 0.2) is 39.8 Å². The van der Waals surface area contributed by atoms with E-state index in [0.717, 1.165) is 36.2 Å². The number of guanidine groups is 1. The van der Waals surface area contributed by atoms with E-state index in [0.29, 0.717) is 24.2 Å². The van der Waals surface area contributed by atoms with Gasteiger partial charge in [0.05, 0.1) is 6.54 Å².